The van der Waals surface area contributed by atoms with Crippen molar-refractivity contribution in [3.05, 3.63) is 66.2 Å². The quantitative estimate of drug-likeness (QED) is 0.490. The molecule has 1 aliphatic carbocycles. The molecule has 0 bridgehead atoms. The number of ether oxygens (including phenoxy) is 1. The summed E-state index contributed by atoms with van der Waals surface area (Å²) < 4.78 is 5.67. The zero-order valence-corrected chi connectivity index (χ0v) is 13.4. The Hall–Kier alpha value is -2.49. The van der Waals surface area contributed by atoms with E-state index in [0.717, 1.165) is 24.7 Å². The van der Waals surface area contributed by atoms with Gasteiger partial charge in [0.25, 0.3) is 0 Å². The fourth-order valence-corrected chi connectivity index (χ4v) is 2.65. The summed E-state index contributed by atoms with van der Waals surface area (Å²) in [5.41, 5.74) is 1.40. The van der Waals surface area contributed by atoms with Crippen LogP contribution in [0.5, 0.6) is 5.75 Å². The van der Waals surface area contributed by atoms with Gasteiger partial charge >= 0.3 is 0 Å². The van der Waals surface area contributed by atoms with Crippen molar-refractivity contribution in [2.75, 3.05) is 20.2 Å². The lowest BCUT2D eigenvalue weighted by atomic mass is 10.1. The maximum atomic E-state index is 5.67. The Labute approximate surface area is 137 Å². The summed E-state index contributed by atoms with van der Waals surface area (Å²) in [4.78, 5) is 4.28. The van der Waals surface area contributed by atoms with E-state index in [9.17, 15) is 0 Å². The Balaban J connectivity index is 1.38. The molecule has 1 saturated carbocycles. The third kappa shape index (κ3) is 4.49. The summed E-state index contributed by atoms with van der Waals surface area (Å²) in [7, 11) is 1.80. The molecule has 0 radical (unpaired) electrons. The Morgan fingerprint density at radius 1 is 1.09 bits per heavy atom. The number of para-hydroxylation sites is 1. The molecule has 0 saturated heterocycles. The molecule has 2 aromatic rings. The van der Waals surface area contributed by atoms with Gasteiger partial charge in [0.15, 0.2) is 5.96 Å². The molecule has 0 heterocycles. The number of aliphatic imine (C=N–C) groups is 1. The molecule has 3 rings (SSSR count). The fourth-order valence-electron chi connectivity index (χ4n) is 2.65. The average molecular weight is 309 g/mol. The molecule has 1 fully saturated rings. The zero-order chi connectivity index (χ0) is 15.9. The van der Waals surface area contributed by atoms with E-state index in [1.54, 1.807) is 7.05 Å². The monoisotopic (exact) mass is 309 g/mol. The first kappa shape index (κ1) is 15.4. The van der Waals surface area contributed by atoms with Crippen LogP contribution in [0.2, 0.25) is 0 Å². The van der Waals surface area contributed by atoms with Gasteiger partial charge in [0, 0.05) is 19.0 Å². The normalized spacial score (nSPS) is 20.0. The van der Waals surface area contributed by atoms with Gasteiger partial charge in [0.05, 0.1) is 6.54 Å². The van der Waals surface area contributed by atoms with Crippen molar-refractivity contribution < 1.29 is 4.74 Å². The van der Waals surface area contributed by atoms with Crippen molar-refractivity contribution >= 4 is 5.96 Å². The van der Waals surface area contributed by atoms with E-state index < -0.39 is 0 Å². The van der Waals surface area contributed by atoms with E-state index in [1.165, 1.54) is 5.56 Å². The van der Waals surface area contributed by atoms with Crippen LogP contribution in [0.3, 0.4) is 0 Å². The minimum absolute atomic E-state index is 0.471. The molecule has 0 aliphatic heterocycles. The molecule has 1 aliphatic rings. The largest absolute Gasteiger partial charge is 0.492 e. The van der Waals surface area contributed by atoms with Crippen LogP contribution in [0.1, 0.15) is 17.9 Å². The fraction of sp³-hybridized carbons (Fsp3) is 0.316. The molecule has 120 valence electrons. The first-order valence-corrected chi connectivity index (χ1v) is 8.07. The lowest BCUT2D eigenvalue weighted by Crippen LogP contribution is -2.40. The van der Waals surface area contributed by atoms with Crippen molar-refractivity contribution in [3.8, 4) is 5.75 Å². The van der Waals surface area contributed by atoms with Gasteiger partial charge in [-0.25, -0.2) is 0 Å². The molecule has 4 heteroatoms. The molecule has 4 nitrogen and oxygen atoms in total. The summed E-state index contributed by atoms with van der Waals surface area (Å²) in [5.74, 6) is 2.32. The Morgan fingerprint density at radius 2 is 1.78 bits per heavy atom. The van der Waals surface area contributed by atoms with E-state index in [1.807, 2.05) is 30.3 Å². The number of nitrogens with one attached hydrogen (secondary N) is 2. The van der Waals surface area contributed by atoms with Crippen molar-refractivity contribution in [3.63, 3.8) is 0 Å². The number of hydrogen-bond donors (Lipinski definition) is 2. The first-order chi connectivity index (χ1) is 11.4. The van der Waals surface area contributed by atoms with Crippen LogP contribution in [-0.4, -0.2) is 32.2 Å². The van der Waals surface area contributed by atoms with Gasteiger partial charge in [-0.1, -0.05) is 48.5 Å². The highest BCUT2D eigenvalue weighted by Crippen LogP contribution is 2.40. The Bertz CT molecular complexity index is 628. The summed E-state index contributed by atoms with van der Waals surface area (Å²) in [6.07, 6.45) is 1.16. The number of guanidine groups is 1. The molecular weight excluding hydrogens is 286 g/mol. The smallest absolute Gasteiger partial charge is 0.191 e. The van der Waals surface area contributed by atoms with E-state index in [0.29, 0.717) is 18.6 Å². The second-order valence-corrected chi connectivity index (χ2v) is 5.66. The topological polar surface area (TPSA) is 45.7 Å². The maximum Gasteiger partial charge on any atom is 0.191 e. The summed E-state index contributed by atoms with van der Waals surface area (Å²) in [5, 5.41) is 6.77. The molecule has 2 N–H and O–H groups in total. The van der Waals surface area contributed by atoms with E-state index in [2.05, 4.69) is 46.0 Å². The highest BCUT2D eigenvalue weighted by molar-refractivity contribution is 5.80. The lowest BCUT2D eigenvalue weighted by Gasteiger charge is -2.12. The van der Waals surface area contributed by atoms with Gasteiger partial charge in [-0.15, -0.1) is 0 Å². The molecule has 2 atom stereocenters. The molecule has 0 aromatic heterocycles. The maximum absolute atomic E-state index is 5.67. The van der Waals surface area contributed by atoms with Crippen molar-refractivity contribution in [2.24, 2.45) is 4.99 Å². The van der Waals surface area contributed by atoms with Crippen LogP contribution in [0, 0.1) is 0 Å². The Morgan fingerprint density at radius 3 is 2.48 bits per heavy atom. The molecule has 23 heavy (non-hydrogen) atoms. The second-order valence-electron chi connectivity index (χ2n) is 5.66. The van der Waals surface area contributed by atoms with Crippen LogP contribution < -0.4 is 15.4 Å². The highest BCUT2D eigenvalue weighted by Gasteiger charge is 2.38. The SMILES string of the molecule is CN=C(NCCOc1ccccc1)NC1CC1c1ccccc1. The standard InChI is InChI=1S/C19H23N3O/c1-20-19(21-12-13-23-16-10-6-3-7-11-16)22-18-14-17(18)15-8-4-2-5-9-15/h2-11,17-18H,12-14H2,1H3,(H2,20,21,22). The summed E-state index contributed by atoms with van der Waals surface area (Å²) in [6.45, 7) is 1.33. The van der Waals surface area contributed by atoms with Crippen molar-refractivity contribution in [2.45, 2.75) is 18.4 Å². The average Bonchev–Trinajstić information content (AvgIpc) is 3.38. The van der Waals surface area contributed by atoms with E-state index in [-0.39, 0.29) is 0 Å². The van der Waals surface area contributed by atoms with Crippen LogP contribution in [0.15, 0.2) is 65.7 Å². The minimum Gasteiger partial charge on any atom is -0.492 e. The van der Waals surface area contributed by atoms with Gasteiger partial charge in [-0.05, 0) is 24.1 Å². The first-order valence-electron chi connectivity index (χ1n) is 8.07. The predicted octanol–water partition coefficient (Wildman–Crippen LogP) is 2.79. The third-order valence-corrected chi connectivity index (χ3v) is 3.97. The van der Waals surface area contributed by atoms with E-state index in [4.69, 9.17) is 4.74 Å². The molecule has 2 aromatic carbocycles. The molecule has 0 spiro atoms. The van der Waals surface area contributed by atoms with Crippen molar-refractivity contribution in [1.29, 1.82) is 0 Å². The van der Waals surface area contributed by atoms with Crippen LogP contribution in [0.25, 0.3) is 0 Å². The van der Waals surface area contributed by atoms with Crippen LogP contribution in [0.4, 0.5) is 0 Å². The van der Waals surface area contributed by atoms with Gasteiger partial charge < -0.3 is 15.4 Å². The van der Waals surface area contributed by atoms with E-state index >= 15 is 0 Å². The second kappa shape index (κ2) is 7.68. The number of benzene rings is 2. The molecule has 0 amide bonds. The molecular formula is C19H23N3O. The number of hydrogen-bond acceptors (Lipinski definition) is 2. The zero-order valence-electron chi connectivity index (χ0n) is 13.4. The van der Waals surface area contributed by atoms with Crippen LogP contribution in [-0.2, 0) is 0 Å². The van der Waals surface area contributed by atoms with Gasteiger partial charge in [0.1, 0.15) is 12.4 Å². The number of rotatable bonds is 6. The Kier molecular flexibility index (Phi) is 5.14. The third-order valence-electron chi connectivity index (χ3n) is 3.97. The number of nitrogens with zero attached hydrogens (tertiary/aromatic N) is 1. The van der Waals surface area contributed by atoms with Gasteiger partial charge in [0.2, 0.25) is 0 Å². The molecule has 2 unspecified atom stereocenters. The summed E-state index contributed by atoms with van der Waals surface area (Å²) >= 11 is 0. The summed E-state index contributed by atoms with van der Waals surface area (Å²) in [6, 6.07) is 20.9. The minimum atomic E-state index is 0.471. The van der Waals surface area contributed by atoms with Gasteiger partial charge in [-0.3, -0.25) is 4.99 Å². The predicted molar refractivity (Wildman–Crippen MR) is 94.0 cm³/mol. The van der Waals surface area contributed by atoms with Crippen LogP contribution >= 0.6 is 0 Å². The van der Waals surface area contributed by atoms with Gasteiger partial charge in [-0.2, -0.15) is 0 Å². The lowest BCUT2D eigenvalue weighted by molar-refractivity contribution is 0.322. The highest BCUT2D eigenvalue weighted by atomic mass is 16.5. The van der Waals surface area contributed by atoms with Crippen molar-refractivity contribution in [1.82, 2.24) is 10.6 Å².